The van der Waals surface area contributed by atoms with Crippen molar-refractivity contribution in [3.8, 4) is 0 Å². The average Bonchev–Trinajstić information content (AvgIpc) is 2.73. The number of methoxy groups -OCH3 is 1. The van der Waals surface area contributed by atoms with Crippen LogP contribution in [0.3, 0.4) is 0 Å². The van der Waals surface area contributed by atoms with Gasteiger partial charge < -0.3 is 19.5 Å². The van der Waals surface area contributed by atoms with E-state index in [9.17, 15) is 14.4 Å². The van der Waals surface area contributed by atoms with Crippen LogP contribution < -0.4 is 5.32 Å². The van der Waals surface area contributed by atoms with Crippen molar-refractivity contribution in [2.45, 2.75) is 38.8 Å². The number of carbonyl (C=O) groups excluding carboxylic acids is 3. The molecule has 8 heteroatoms. The maximum Gasteiger partial charge on any atom is 0.410 e. The number of rotatable bonds is 7. The highest BCUT2D eigenvalue weighted by molar-refractivity contribution is 5.89. The Morgan fingerprint density at radius 2 is 2.00 bits per heavy atom. The number of nitrogens with zero attached hydrogens (tertiary/aromatic N) is 1. The number of unbranched alkanes of at least 4 members (excludes halogenated alkanes) is 1. The highest BCUT2D eigenvalue weighted by Crippen LogP contribution is 2.16. The quantitative estimate of drug-likeness (QED) is 0.565. The molecular formula is C20H28N2O6. The molecule has 1 heterocycles. The van der Waals surface area contributed by atoms with Crippen LogP contribution in [-0.2, 0) is 19.0 Å². The lowest BCUT2D eigenvalue weighted by Crippen LogP contribution is -2.56. The van der Waals surface area contributed by atoms with Crippen molar-refractivity contribution in [1.82, 2.24) is 10.2 Å². The molecule has 0 saturated carbocycles. The number of hydrogen-bond donors (Lipinski definition) is 1. The Kier molecular flexibility index (Phi) is 8.25. The Labute approximate surface area is 165 Å². The number of hydrogen-bond acceptors (Lipinski definition) is 6. The van der Waals surface area contributed by atoms with Gasteiger partial charge in [0.1, 0.15) is 6.04 Å². The van der Waals surface area contributed by atoms with Crippen LogP contribution in [0.15, 0.2) is 24.3 Å². The standard InChI is InChI=1S/C20H28N2O6/c1-4-5-11-28-20(25)22-10-12-27-13-17(22)18(23)21-14(2)15-6-8-16(9-7-15)19(24)26-3/h6-9,14,17H,4-5,10-13H2,1-3H3,(H,21,23)/t14-,17-/m1/s1. The lowest BCUT2D eigenvalue weighted by Gasteiger charge is -2.34. The number of carbonyl (C=O) groups is 3. The van der Waals surface area contributed by atoms with E-state index in [0.29, 0.717) is 25.3 Å². The molecule has 0 aliphatic carbocycles. The van der Waals surface area contributed by atoms with E-state index in [1.165, 1.54) is 12.0 Å². The number of ether oxygens (including phenoxy) is 3. The van der Waals surface area contributed by atoms with E-state index >= 15 is 0 Å². The Hall–Kier alpha value is -2.61. The summed E-state index contributed by atoms with van der Waals surface area (Å²) in [7, 11) is 1.32. The van der Waals surface area contributed by atoms with Crippen LogP contribution in [0.2, 0.25) is 0 Å². The molecule has 0 spiro atoms. The second kappa shape index (κ2) is 10.7. The lowest BCUT2D eigenvalue weighted by molar-refractivity contribution is -0.132. The van der Waals surface area contributed by atoms with Crippen LogP contribution in [0.1, 0.15) is 48.7 Å². The van der Waals surface area contributed by atoms with Crippen molar-refractivity contribution >= 4 is 18.0 Å². The van der Waals surface area contributed by atoms with E-state index in [2.05, 4.69) is 10.1 Å². The first kappa shape index (κ1) is 21.7. The molecule has 28 heavy (non-hydrogen) atoms. The van der Waals surface area contributed by atoms with Crippen molar-refractivity contribution in [2.75, 3.05) is 33.5 Å². The molecule has 0 aromatic heterocycles. The first-order valence-electron chi connectivity index (χ1n) is 9.47. The van der Waals surface area contributed by atoms with Gasteiger partial charge in [0.25, 0.3) is 0 Å². The van der Waals surface area contributed by atoms with Crippen LogP contribution >= 0.6 is 0 Å². The lowest BCUT2D eigenvalue weighted by atomic mass is 10.1. The van der Waals surface area contributed by atoms with Gasteiger partial charge in [0.05, 0.1) is 38.5 Å². The minimum Gasteiger partial charge on any atom is -0.465 e. The fourth-order valence-electron chi connectivity index (χ4n) is 2.84. The minimum absolute atomic E-state index is 0.128. The summed E-state index contributed by atoms with van der Waals surface area (Å²) in [6.45, 7) is 4.99. The van der Waals surface area contributed by atoms with Gasteiger partial charge in [0.15, 0.2) is 0 Å². The first-order valence-corrected chi connectivity index (χ1v) is 9.47. The van der Waals surface area contributed by atoms with Crippen LogP contribution in [0, 0.1) is 0 Å². The topological polar surface area (TPSA) is 94.2 Å². The number of nitrogens with one attached hydrogen (secondary N) is 1. The summed E-state index contributed by atoms with van der Waals surface area (Å²) in [5.41, 5.74) is 1.27. The van der Waals surface area contributed by atoms with Gasteiger partial charge in [-0.05, 0) is 31.0 Å². The summed E-state index contributed by atoms with van der Waals surface area (Å²) in [6, 6.07) is 5.76. The third kappa shape index (κ3) is 5.69. The molecule has 0 unspecified atom stereocenters. The number of morpholine rings is 1. The van der Waals surface area contributed by atoms with Gasteiger partial charge in [-0.25, -0.2) is 9.59 Å². The molecule has 2 rings (SSSR count). The zero-order valence-corrected chi connectivity index (χ0v) is 16.6. The van der Waals surface area contributed by atoms with Gasteiger partial charge in [-0.15, -0.1) is 0 Å². The first-order chi connectivity index (χ1) is 13.5. The third-order valence-electron chi connectivity index (χ3n) is 4.58. The molecule has 0 radical (unpaired) electrons. The van der Waals surface area contributed by atoms with Gasteiger partial charge in [-0.2, -0.15) is 0 Å². The predicted molar refractivity (Wildman–Crippen MR) is 102 cm³/mol. The summed E-state index contributed by atoms with van der Waals surface area (Å²) in [6.07, 6.45) is 1.21. The van der Waals surface area contributed by atoms with Crippen molar-refractivity contribution in [3.63, 3.8) is 0 Å². The van der Waals surface area contributed by atoms with Crippen molar-refractivity contribution in [2.24, 2.45) is 0 Å². The van der Waals surface area contributed by atoms with Gasteiger partial charge in [0.2, 0.25) is 5.91 Å². The molecule has 1 aromatic carbocycles. The van der Waals surface area contributed by atoms with Crippen LogP contribution in [-0.4, -0.2) is 62.4 Å². The maximum atomic E-state index is 12.7. The summed E-state index contributed by atoms with van der Waals surface area (Å²) in [5.74, 6) is -0.725. The van der Waals surface area contributed by atoms with Gasteiger partial charge in [0, 0.05) is 6.54 Å². The zero-order valence-electron chi connectivity index (χ0n) is 16.6. The second-order valence-corrected chi connectivity index (χ2v) is 6.60. The minimum atomic E-state index is -0.736. The van der Waals surface area contributed by atoms with Crippen molar-refractivity contribution in [3.05, 3.63) is 35.4 Å². The molecular weight excluding hydrogens is 364 g/mol. The van der Waals surface area contributed by atoms with E-state index in [1.807, 2.05) is 13.8 Å². The summed E-state index contributed by atoms with van der Waals surface area (Å²) >= 11 is 0. The molecule has 1 N–H and O–H groups in total. The Balaban J connectivity index is 1.98. The fourth-order valence-corrected chi connectivity index (χ4v) is 2.84. The van der Waals surface area contributed by atoms with E-state index in [4.69, 9.17) is 9.47 Å². The maximum absolute atomic E-state index is 12.7. The monoisotopic (exact) mass is 392 g/mol. The molecule has 1 saturated heterocycles. The summed E-state index contributed by atoms with van der Waals surface area (Å²) in [4.78, 5) is 38.0. The molecule has 154 valence electrons. The van der Waals surface area contributed by atoms with E-state index < -0.39 is 18.1 Å². The van der Waals surface area contributed by atoms with E-state index in [1.54, 1.807) is 24.3 Å². The highest BCUT2D eigenvalue weighted by atomic mass is 16.6. The second-order valence-electron chi connectivity index (χ2n) is 6.60. The highest BCUT2D eigenvalue weighted by Gasteiger charge is 2.34. The fraction of sp³-hybridized carbons (Fsp3) is 0.550. The Bertz CT molecular complexity index is 676. The smallest absolute Gasteiger partial charge is 0.410 e. The van der Waals surface area contributed by atoms with Gasteiger partial charge in [-0.1, -0.05) is 25.5 Å². The van der Waals surface area contributed by atoms with Crippen molar-refractivity contribution < 1.29 is 28.6 Å². The Morgan fingerprint density at radius 1 is 1.29 bits per heavy atom. The number of esters is 1. The molecule has 1 aliphatic rings. The molecule has 1 aliphatic heterocycles. The summed E-state index contributed by atoms with van der Waals surface area (Å²) in [5, 5.41) is 2.90. The van der Waals surface area contributed by atoms with Crippen LogP contribution in [0.25, 0.3) is 0 Å². The van der Waals surface area contributed by atoms with Crippen LogP contribution in [0.5, 0.6) is 0 Å². The molecule has 1 aromatic rings. The predicted octanol–water partition coefficient (Wildman–Crippen LogP) is 2.29. The molecule has 2 amide bonds. The number of amides is 2. The molecule has 0 bridgehead atoms. The SMILES string of the molecule is CCCCOC(=O)N1CCOC[C@@H]1C(=O)N[C@H](C)c1ccc(C(=O)OC)cc1. The Morgan fingerprint density at radius 3 is 2.64 bits per heavy atom. The molecule has 1 fully saturated rings. The van der Waals surface area contributed by atoms with Gasteiger partial charge >= 0.3 is 12.1 Å². The van der Waals surface area contributed by atoms with Crippen molar-refractivity contribution in [1.29, 1.82) is 0 Å². The normalized spacial score (nSPS) is 17.5. The third-order valence-corrected chi connectivity index (χ3v) is 4.58. The average molecular weight is 392 g/mol. The molecule has 2 atom stereocenters. The van der Waals surface area contributed by atoms with Gasteiger partial charge in [-0.3, -0.25) is 9.69 Å². The number of benzene rings is 1. The largest absolute Gasteiger partial charge is 0.465 e. The van der Waals surface area contributed by atoms with E-state index in [0.717, 1.165) is 18.4 Å². The van der Waals surface area contributed by atoms with E-state index in [-0.39, 0.29) is 18.6 Å². The molecule has 8 nitrogen and oxygen atoms in total. The summed E-state index contributed by atoms with van der Waals surface area (Å²) < 4.78 is 15.3. The zero-order chi connectivity index (χ0) is 20.5. The van der Waals surface area contributed by atoms with Crippen LogP contribution in [0.4, 0.5) is 4.79 Å².